The molecule has 0 aliphatic carbocycles. The van der Waals surface area contributed by atoms with Crippen LogP contribution in [-0.4, -0.2) is 18.5 Å². The Morgan fingerprint density at radius 3 is 2.61 bits per heavy atom. The van der Waals surface area contributed by atoms with E-state index < -0.39 is 24.3 Å². The van der Waals surface area contributed by atoms with Gasteiger partial charge in [0.05, 0.1) is 5.56 Å². The van der Waals surface area contributed by atoms with Gasteiger partial charge in [-0.15, -0.1) is 0 Å². The minimum Gasteiger partial charge on any atom is -0.452 e. The molecule has 120 valence electrons. The molecule has 0 heterocycles. The van der Waals surface area contributed by atoms with Crippen LogP contribution >= 0.6 is 23.2 Å². The van der Waals surface area contributed by atoms with E-state index in [4.69, 9.17) is 27.9 Å². The Bertz CT molecular complexity index is 737. The van der Waals surface area contributed by atoms with E-state index in [-0.39, 0.29) is 12.1 Å². The van der Waals surface area contributed by atoms with E-state index in [0.717, 1.165) is 6.07 Å². The fraction of sp³-hybridized carbons (Fsp3) is 0.125. The van der Waals surface area contributed by atoms with E-state index in [0.29, 0.717) is 15.6 Å². The summed E-state index contributed by atoms with van der Waals surface area (Å²) in [7, 11) is 0. The second-order valence-corrected chi connectivity index (χ2v) is 5.44. The van der Waals surface area contributed by atoms with Crippen LogP contribution in [0.15, 0.2) is 42.5 Å². The maximum atomic E-state index is 13.0. The van der Waals surface area contributed by atoms with Gasteiger partial charge in [-0.3, -0.25) is 4.79 Å². The van der Waals surface area contributed by atoms with Gasteiger partial charge in [-0.05, 0) is 35.9 Å². The summed E-state index contributed by atoms with van der Waals surface area (Å²) in [5.74, 6) is -1.83. The minimum atomic E-state index is -0.774. The van der Waals surface area contributed by atoms with Crippen LogP contribution in [0.5, 0.6) is 0 Å². The molecule has 1 N–H and O–H groups in total. The van der Waals surface area contributed by atoms with E-state index >= 15 is 0 Å². The van der Waals surface area contributed by atoms with Crippen LogP contribution in [0.3, 0.4) is 0 Å². The maximum absolute atomic E-state index is 13.0. The molecule has 4 nitrogen and oxygen atoms in total. The Morgan fingerprint density at radius 2 is 1.91 bits per heavy atom. The first kappa shape index (κ1) is 17.2. The van der Waals surface area contributed by atoms with Gasteiger partial charge in [0, 0.05) is 16.6 Å². The van der Waals surface area contributed by atoms with Gasteiger partial charge in [0.15, 0.2) is 6.61 Å². The zero-order chi connectivity index (χ0) is 16.8. The lowest BCUT2D eigenvalue weighted by molar-refractivity contribution is -0.124. The molecule has 0 saturated carbocycles. The van der Waals surface area contributed by atoms with E-state index in [1.54, 1.807) is 18.2 Å². The monoisotopic (exact) mass is 355 g/mol. The van der Waals surface area contributed by atoms with Crippen molar-refractivity contribution < 1.29 is 18.7 Å². The average Bonchev–Trinajstić information content (AvgIpc) is 2.51. The number of esters is 1. The molecule has 0 radical (unpaired) electrons. The van der Waals surface area contributed by atoms with Gasteiger partial charge in [0.1, 0.15) is 5.82 Å². The molecule has 0 aliphatic heterocycles. The molecule has 0 saturated heterocycles. The van der Waals surface area contributed by atoms with Gasteiger partial charge in [-0.1, -0.05) is 35.3 Å². The van der Waals surface area contributed by atoms with Gasteiger partial charge in [0.25, 0.3) is 5.91 Å². The first-order valence-corrected chi connectivity index (χ1v) is 7.34. The summed E-state index contributed by atoms with van der Waals surface area (Å²) in [4.78, 5) is 23.3. The highest BCUT2D eigenvalue weighted by atomic mass is 35.5. The van der Waals surface area contributed by atoms with E-state index in [1.807, 2.05) is 0 Å². The third-order valence-electron chi connectivity index (χ3n) is 2.89. The molecule has 1 amide bonds. The predicted molar refractivity (Wildman–Crippen MR) is 85.0 cm³/mol. The molecular formula is C16H12Cl2FNO3. The van der Waals surface area contributed by atoms with Gasteiger partial charge >= 0.3 is 5.97 Å². The molecule has 0 aromatic heterocycles. The number of halogens is 3. The fourth-order valence-electron chi connectivity index (χ4n) is 1.74. The van der Waals surface area contributed by atoms with Gasteiger partial charge in [-0.2, -0.15) is 0 Å². The lowest BCUT2D eigenvalue weighted by atomic mass is 10.2. The molecule has 0 bridgehead atoms. The average molecular weight is 356 g/mol. The lowest BCUT2D eigenvalue weighted by Crippen LogP contribution is -2.28. The summed E-state index contributed by atoms with van der Waals surface area (Å²) < 4.78 is 17.8. The van der Waals surface area contributed by atoms with E-state index in [2.05, 4.69) is 5.32 Å². The largest absolute Gasteiger partial charge is 0.452 e. The zero-order valence-electron chi connectivity index (χ0n) is 11.8. The van der Waals surface area contributed by atoms with Crippen LogP contribution in [0.1, 0.15) is 15.9 Å². The standard InChI is InChI=1S/C16H12Cl2FNO3/c17-12-5-4-11(14(18)7-12)8-20-15(21)9-23-16(22)10-2-1-3-13(19)6-10/h1-7H,8-9H2,(H,20,21). The van der Waals surface area contributed by atoms with Crippen LogP contribution in [-0.2, 0) is 16.1 Å². The molecule has 0 fully saturated rings. The number of nitrogens with one attached hydrogen (secondary N) is 1. The number of benzene rings is 2. The summed E-state index contributed by atoms with van der Waals surface area (Å²) in [6.45, 7) is -0.299. The molecule has 0 spiro atoms. The summed E-state index contributed by atoms with van der Waals surface area (Å²) in [5, 5.41) is 3.48. The van der Waals surface area contributed by atoms with Crippen LogP contribution in [0.4, 0.5) is 4.39 Å². The summed E-state index contributed by atoms with van der Waals surface area (Å²) in [6.07, 6.45) is 0. The number of amides is 1. The zero-order valence-corrected chi connectivity index (χ0v) is 13.3. The SMILES string of the molecule is O=C(COC(=O)c1cccc(F)c1)NCc1ccc(Cl)cc1Cl. The Hall–Kier alpha value is -2.11. The first-order valence-electron chi connectivity index (χ1n) is 6.59. The molecule has 23 heavy (non-hydrogen) atoms. The van der Waals surface area contributed by atoms with Crippen molar-refractivity contribution in [2.45, 2.75) is 6.54 Å². The maximum Gasteiger partial charge on any atom is 0.338 e. The normalized spacial score (nSPS) is 10.2. The van der Waals surface area contributed by atoms with Crippen molar-refractivity contribution in [2.24, 2.45) is 0 Å². The molecule has 0 aliphatic rings. The molecular weight excluding hydrogens is 344 g/mol. The third-order valence-corrected chi connectivity index (χ3v) is 3.47. The minimum absolute atomic E-state index is 0.0403. The Kier molecular flexibility index (Phi) is 5.96. The third kappa shape index (κ3) is 5.23. The highest BCUT2D eigenvalue weighted by molar-refractivity contribution is 6.35. The topological polar surface area (TPSA) is 55.4 Å². The summed E-state index contributed by atoms with van der Waals surface area (Å²) in [5.41, 5.74) is 0.722. The number of rotatable bonds is 5. The summed E-state index contributed by atoms with van der Waals surface area (Å²) in [6, 6.07) is 9.93. The van der Waals surface area contributed by atoms with Crippen molar-refractivity contribution >= 4 is 35.1 Å². The molecule has 2 aromatic rings. The number of ether oxygens (including phenoxy) is 1. The van der Waals surface area contributed by atoms with Gasteiger partial charge in [-0.25, -0.2) is 9.18 Å². The van der Waals surface area contributed by atoms with Crippen molar-refractivity contribution in [1.82, 2.24) is 5.32 Å². The van der Waals surface area contributed by atoms with Crippen molar-refractivity contribution in [2.75, 3.05) is 6.61 Å². The van der Waals surface area contributed by atoms with Crippen LogP contribution < -0.4 is 5.32 Å². The molecule has 2 aromatic carbocycles. The van der Waals surface area contributed by atoms with Crippen molar-refractivity contribution in [1.29, 1.82) is 0 Å². The quantitative estimate of drug-likeness (QED) is 0.833. The smallest absolute Gasteiger partial charge is 0.338 e. The predicted octanol–water partition coefficient (Wildman–Crippen LogP) is 3.61. The highest BCUT2D eigenvalue weighted by Crippen LogP contribution is 2.20. The Balaban J connectivity index is 1.82. The van der Waals surface area contributed by atoms with Gasteiger partial charge in [0.2, 0.25) is 0 Å². The number of hydrogen-bond acceptors (Lipinski definition) is 3. The van der Waals surface area contributed by atoms with E-state index in [1.165, 1.54) is 18.2 Å². The Labute approximate surface area is 142 Å². The van der Waals surface area contributed by atoms with E-state index in [9.17, 15) is 14.0 Å². The first-order chi connectivity index (χ1) is 11.0. The highest BCUT2D eigenvalue weighted by Gasteiger charge is 2.11. The lowest BCUT2D eigenvalue weighted by Gasteiger charge is -2.08. The van der Waals surface area contributed by atoms with Crippen LogP contribution in [0, 0.1) is 5.82 Å². The number of carbonyl (C=O) groups excluding carboxylic acids is 2. The van der Waals surface area contributed by atoms with Crippen molar-refractivity contribution in [3.8, 4) is 0 Å². The molecule has 0 atom stereocenters. The summed E-state index contributed by atoms with van der Waals surface area (Å²) >= 11 is 11.8. The molecule has 7 heteroatoms. The van der Waals surface area contributed by atoms with Gasteiger partial charge < -0.3 is 10.1 Å². The molecule has 2 rings (SSSR count). The van der Waals surface area contributed by atoms with Crippen LogP contribution in [0.2, 0.25) is 10.0 Å². The Morgan fingerprint density at radius 1 is 1.13 bits per heavy atom. The number of carbonyl (C=O) groups is 2. The van der Waals surface area contributed by atoms with Crippen LogP contribution in [0.25, 0.3) is 0 Å². The second kappa shape index (κ2) is 7.94. The van der Waals surface area contributed by atoms with Crippen molar-refractivity contribution in [3.63, 3.8) is 0 Å². The molecule has 0 unspecified atom stereocenters. The second-order valence-electron chi connectivity index (χ2n) is 4.60. The van der Waals surface area contributed by atoms with Crippen molar-refractivity contribution in [3.05, 3.63) is 69.5 Å². The number of hydrogen-bond donors (Lipinski definition) is 1. The fourth-order valence-corrected chi connectivity index (χ4v) is 2.22.